The van der Waals surface area contributed by atoms with Gasteiger partial charge in [-0.2, -0.15) is 0 Å². The van der Waals surface area contributed by atoms with E-state index in [2.05, 4.69) is 9.47 Å². The Hall–Kier alpha value is -2.30. The molecule has 0 heterocycles. The van der Waals surface area contributed by atoms with E-state index in [0.29, 0.717) is 11.1 Å². The molecule has 5 nitrogen and oxygen atoms in total. The van der Waals surface area contributed by atoms with E-state index in [1.54, 1.807) is 25.1 Å². The number of aryl methyl sites for hydroxylation is 1. The van der Waals surface area contributed by atoms with Crippen molar-refractivity contribution in [2.24, 2.45) is 0 Å². The second-order valence-corrected chi connectivity index (χ2v) is 3.94. The quantitative estimate of drug-likeness (QED) is 0.659. The third-order valence-corrected chi connectivity index (χ3v) is 2.64. The van der Waals surface area contributed by atoms with E-state index in [4.69, 9.17) is 0 Å². The predicted octanol–water partition coefficient (Wildman–Crippen LogP) is 1.52. The van der Waals surface area contributed by atoms with Gasteiger partial charge < -0.3 is 14.6 Å². The molecule has 0 saturated carbocycles. The summed E-state index contributed by atoms with van der Waals surface area (Å²) in [5.41, 5.74) is 1.36. The molecule has 0 aliphatic rings. The van der Waals surface area contributed by atoms with Gasteiger partial charge in [-0.05, 0) is 18.1 Å². The van der Waals surface area contributed by atoms with Crippen LogP contribution in [0.5, 0.6) is 5.75 Å². The first-order valence-corrected chi connectivity index (χ1v) is 5.64. The monoisotopic (exact) mass is 264 g/mol. The van der Waals surface area contributed by atoms with Gasteiger partial charge in [-0.15, -0.1) is 0 Å². The third-order valence-electron chi connectivity index (χ3n) is 2.64. The van der Waals surface area contributed by atoms with Gasteiger partial charge in [0.05, 0.1) is 14.2 Å². The Morgan fingerprint density at radius 2 is 1.95 bits per heavy atom. The van der Waals surface area contributed by atoms with E-state index < -0.39 is 11.9 Å². The first kappa shape index (κ1) is 14.8. The highest BCUT2D eigenvalue weighted by Crippen LogP contribution is 2.24. The number of para-hydroxylation sites is 1. The smallest absolute Gasteiger partial charge is 0.334 e. The summed E-state index contributed by atoms with van der Waals surface area (Å²) in [4.78, 5) is 22.8. The zero-order valence-electron chi connectivity index (χ0n) is 11.1. The Balaban J connectivity index is 3.08. The van der Waals surface area contributed by atoms with Crippen LogP contribution in [0.15, 0.2) is 29.8 Å². The average molecular weight is 264 g/mol. The molecule has 0 aliphatic carbocycles. The number of phenolic OH excluding ortho intramolecular Hbond substituents is 1. The lowest BCUT2D eigenvalue weighted by Gasteiger charge is -2.09. The van der Waals surface area contributed by atoms with Crippen LogP contribution in [0.1, 0.15) is 11.1 Å². The number of carbonyl (C=O) groups excluding carboxylic acids is 2. The molecule has 1 aromatic carbocycles. The number of ether oxygens (including phenoxy) is 2. The van der Waals surface area contributed by atoms with Crippen LogP contribution in [0, 0.1) is 6.92 Å². The standard InChI is InChI=1S/C14H16O5/c1-9-5-4-6-10(13(9)16)7-11(14(17)19-3)8-12(15)18-2/h4-6,8,16H,7H2,1-3H3. The van der Waals surface area contributed by atoms with Crippen LogP contribution >= 0.6 is 0 Å². The number of aromatic hydroxyl groups is 1. The number of esters is 2. The Morgan fingerprint density at radius 1 is 1.26 bits per heavy atom. The topological polar surface area (TPSA) is 72.8 Å². The molecule has 0 bridgehead atoms. The summed E-state index contributed by atoms with van der Waals surface area (Å²) in [6.07, 6.45) is 1.16. The number of carbonyl (C=O) groups is 2. The molecule has 0 aliphatic heterocycles. The Morgan fingerprint density at radius 3 is 2.53 bits per heavy atom. The summed E-state index contributed by atoms with van der Waals surface area (Å²) in [6.45, 7) is 1.75. The van der Waals surface area contributed by atoms with Gasteiger partial charge in [0.25, 0.3) is 0 Å². The maximum atomic E-state index is 11.6. The number of hydrogen-bond donors (Lipinski definition) is 1. The first-order valence-electron chi connectivity index (χ1n) is 5.64. The average Bonchev–Trinajstić information content (AvgIpc) is 2.41. The van der Waals surface area contributed by atoms with Crippen molar-refractivity contribution >= 4 is 11.9 Å². The number of methoxy groups -OCH3 is 2. The Kier molecular flexibility index (Phi) is 5.11. The fraction of sp³-hybridized carbons (Fsp3) is 0.286. The summed E-state index contributed by atoms with van der Waals surface area (Å²) in [5, 5.41) is 9.90. The lowest BCUT2D eigenvalue weighted by atomic mass is 10.0. The van der Waals surface area contributed by atoms with Crippen LogP contribution in [0.3, 0.4) is 0 Å². The molecule has 0 spiro atoms. The molecule has 0 saturated heterocycles. The molecule has 0 aromatic heterocycles. The van der Waals surface area contributed by atoms with Crippen molar-refractivity contribution in [1.29, 1.82) is 0 Å². The molecule has 1 N–H and O–H groups in total. The molecule has 1 rings (SSSR count). The van der Waals surface area contributed by atoms with Crippen LogP contribution in [-0.4, -0.2) is 31.3 Å². The minimum Gasteiger partial charge on any atom is -0.507 e. The van der Waals surface area contributed by atoms with E-state index in [1.807, 2.05) is 0 Å². The summed E-state index contributed by atoms with van der Waals surface area (Å²) < 4.78 is 9.08. The van der Waals surface area contributed by atoms with Gasteiger partial charge in [-0.1, -0.05) is 18.2 Å². The summed E-state index contributed by atoms with van der Waals surface area (Å²) in [7, 11) is 2.45. The zero-order chi connectivity index (χ0) is 14.4. The largest absolute Gasteiger partial charge is 0.507 e. The second kappa shape index (κ2) is 6.58. The SMILES string of the molecule is COC(=O)C=C(Cc1cccc(C)c1O)C(=O)OC. The van der Waals surface area contributed by atoms with Gasteiger partial charge >= 0.3 is 11.9 Å². The van der Waals surface area contributed by atoms with Crippen LogP contribution in [-0.2, 0) is 25.5 Å². The van der Waals surface area contributed by atoms with E-state index in [9.17, 15) is 14.7 Å². The highest BCUT2D eigenvalue weighted by molar-refractivity contribution is 5.96. The molecule has 0 amide bonds. The lowest BCUT2D eigenvalue weighted by Crippen LogP contribution is -2.10. The fourth-order valence-electron chi connectivity index (χ4n) is 1.58. The van der Waals surface area contributed by atoms with E-state index in [0.717, 1.165) is 6.08 Å². The lowest BCUT2D eigenvalue weighted by molar-refractivity contribution is -0.138. The van der Waals surface area contributed by atoms with Gasteiger partial charge in [0.1, 0.15) is 5.75 Å². The summed E-state index contributed by atoms with van der Waals surface area (Å²) >= 11 is 0. The number of hydrogen-bond acceptors (Lipinski definition) is 5. The van der Waals surface area contributed by atoms with Crippen LogP contribution < -0.4 is 0 Å². The maximum Gasteiger partial charge on any atom is 0.334 e. The molecule has 0 unspecified atom stereocenters. The van der Waals surface area contributed by atoms with Gasteiger partial charge in [-0.3, -0.25) is 0 Å². The van der Waals surface area contributed by atoms with Crippen molar-refractivity contribution in [3.05, 3.63) is 41.0 Å². The summed E-state index contributed by atoms with van der Waals surface area (Å²) in [6, 6.07) is 5.19. The van der Waals surface area contributed by atoms with Crippen molar-refractivity contribution in [3.63, 3.8) is 0 Å². The minimum atomic E-state index is -0.646. The molecular weight excluding hydrogens is 248 g/mol. The Bertz CT molecular complexity index is 517. The third kappa shape index (κ3) is 3.84. The first-order chi connectivity index (χ1) is 8.99. The molecule has 5 heteroatoms. The second-order valence-electron chi connectivity index (χ2n) is 3.94. The van der Waals surface area contributed by atoms with Crippen molar-refractivity contribution < 1.29 is 24.2 Å². The van der Waals surface area contributed by atoms with Crippen LogP contribution in [0.25, 0.3) is 0 Å². The van der Waals surface area contributed by atoms with Crippen LogP contribution in [0.2, 0.25) is 0 Å². The van der Waals surface area contributed by atoms with Gasteiger partial charge in [0, 0.05) is 18.1 Å². The summed E-state index contributed by atoms with van der Waals surface area (Å²) in [5.74, 6) is -1.18. The maximum absolute atomic E-state index is 11.6. The molecule has 19 heavy (non-hydrogen) atoms. The number of rotatable bonds is 4. The van der Waals surface area contributed by atoms with Crippen LogP contribution in [0.4, 0.5) is 0 Å². The molecule has 0 radical (unpaired) electrons. The zero-order valence-corrected chi connectivity index (χ0v) is 11.1. The van der Waals surface area contributed by atoms with E-state index >= 15 is 0 Å². The Labute approximate surface area is 111 Å². The van der Waals surface area contributed by atoms with Crippen molar-refractivity contribution in [2.45, 2.75) is 13.3 Å². The normalized spacial score (nSPS) is 11.0. The van der Waals surface area contributed by atoms with Gasteiger partial charge in [0.15, 0.2) is 0 Å². The van der Waals surface area contributed by atoms with Gasteiger partial charge in [-0.25, -0.2) is 9.59 Å². The van der Waals surface area contributed by atoms with Gasteiger partial charge in [0.2, 0.25) is 0 Å². The van der Waals surface area contributed by atoms with Crippen molar-refractivity contribution in [1.82, 2.24) is 0 Å². The molecule has 102 valence electrons. The van der Waals surface area contributed by atoms with Crippen molar-refractivity contribution in [3.8, 4) is 5.75 Å². The predicted molar refractivity (Wildman–Crippen MR) is 68.7 cm³/mol. The van der Waals surface area contributed by atoms with E-state index in [1.165, 1.54) is 14.2 Å². The minimum absolute atomic E-state index is 0.0925. The van der Waals surface area contributed by atoms with E-state index in [-0.39, 0.29) is 17.7 Å². The fourth-order valence-corrected chi connectivity index (χ4v) is 1.58. The van der Waals surface area contributed by atoms with Crippen molar-refractivity contribution in [2.75, 3.05) is 14.2 Å². The molecule has 0 fully saturated rings. The molecular formula is C14H16O5. The molecule has 1 aromatic rings. The highest BCUT2D eigenvalue weighted by atomic mass is 16.5. The number of benzene rings is 1. The number of phenols is 1. The highest BCUT2D eigenvalue weighted by Gasteiger charge is 2.15. The molecule has 0 atom stereocenters.